The van der Waals surface area contributed by atoms with Crippen LogP contribution in [0.3, 0.4) is 0 Å². The van der Waals surface area contributed by atoms with Crippen LogP contribution in [0.25, 0.3) is 10.8 Å². The first-order valence-electron chi connectivity index (χ1n) is 7.85. The zero-order chi connectivity index (χ0) is 15.1. The molecule has 1 N–H and O–H groups in total. The lowest BCUT2D eigenvalue weighted by atomic mass is 10.1. The van der Waals surface area contributed by atoms with Crippen LogP contribution >= 0.6 is 0 Å². The summed E-state index contributed by atoms with van der Waals surface area (Å²) in [6.45, 7) is 5.34. The highest BCUT2D eigenvalue weighted by Gasteiger charge is 2.08. The molecule has 0 aromatic heterocycles. The van der Waals surface area contributed by atoms with E-state index in [1.807, 2.05) is 18.2 Å². The first kappa shape index (κ1) is 16.2. The van der Waals surface area contributed by atoms with E-state index in [1.165, 1.54) is 10.8 Å². The van der Waals surface area contributed by atoms with Crippen molar-refractivity contribution in [3.8, 4) is 0 Å². The Hall–Kier alpha value is -1.19. The molecule has 0 amide bonds. The van der Waals surface area contributed by atoms with Gasteiger partial charge in [0, 0.05) is 16.7 Å². The lowest BCUT2D eigenvalue weighted by molar-refractivity contribution is 0.476. The van der Waals surface area contributed by atoms with Crippen LogP contribution in [-0.2, 0) is 10.8 Å². The molecule has 2 rings (SSSR count). The quantitative estimate of drug-likeness (QED) is 0.795. The zero-order valence-electron chi connectivity index (χ0n) is 13.0. The number of hydrogen-bond acceptors (Lipinski definition) is 2. The molecular weight excluding hydrogens is 278 g/mol. The van der Waals surface area contributed by atoms with Crippen LogP contribution in [0.5, 0.6) is 0 Å². The van der Waals surface area contributed by atoms with Crippen molar-refractivity contribution in [1.82, 2.24) is 5.32 Å². The van der Waals surface area contributed by atoms with E-state index in [1.54, 1.807) is 0 Å². The summed E-state index contributed by atoms with van der Waals surface area (Å²) >= 11 is 0. The molecule has 0 aliphatic carbocycles. The van der Waals surface area contributed by atoms with Crippen LogP contribution < -0.4 is 5.32 Å². The highest BCUT2D eigenvalue weighted by molar-refractivity contribution is 7.85. The molecule has 2 aromatic carbocycles. The van der Waals surface area contributed by atoms with Crippen LogP contribution in [0.4, 0.5) is 0 Å². The number of rotatable bonds is 8. The van der Waals surface area contributed by atoms with Gasteiger partial charge in [-0.15, -0.1) is 0 Å². The fraction of sp³-hybridized carbons (Fsp3) is 0.444. The summed E-state index contributed by atoms with van der Waals surface area (Å²) in [7, 11) is -0.890. The van der Waals surface area contributed by atoms with E-state index in [0.717, 1.165) is 36.5 Å². The summed E-state index contributed by atoms with van der Waals surface area (Å²) in [6, 6.07) is 14.9. The second-order valence-electron chi connectivity index (χ2n) is 5.36. The Bertz CT molecular complexity index is 597. The van der Waals surface area contributed by atoms with Gasteiger partial charge in [-0.1, -0.05) is 44.2 Å². The molecule has 21 heavy (non-hydrogen) atoms. The normalized spacial score (nSPS) is 14.2. The highest BCUT2D eigenvalue weighted by Crippen LogP contribution is 2.18. The van der Waals surface area contributed by atoms with Gasteiger partial charge in [-0.05, 0) is 48.7 Å². The third kappa shape index (κ3) is 4.65. The van der Waals surface area contributed by atoms with Crippen molar-refractivity contribution in [2.24, 2.45) is 0 Å². The van der Waals surface area contributed by atoms with Crippen LogP contribution in [-0.4, -0.2) is 22.5 Å². The van der Waals surface area contributed by atoms with Crippen molar-refractivity contribution in [2.45, 2.75) is 44.0 Å². The maximum absolute atomic E-state index is 12.4. The van der Waals surface area contributed by atoms with Gasteiger partial charge >= 0.3 is 0 Å². The topological polar surface area (TPSA) is 29.1 Å². The summed E-state index contributed by atoms with van der Waals surface area (Å²) < 4.78 is 12.4. The summed E-state index contributed by atoms with van der Waals surface area (Å²) in [5, 5.41) is 5.84. The molecule has 0 aliphatic rings. The molecular formula is C18H25NOS. The largest absolute Gasteiger partial charge is 0.314 e. The first-order chi connectivity index (χ1) is 10.2. The second-order valence-corrected chi connectivity index (χ2v) is 6.93. The Balaban J connectivity index is 1.92. The molecule has 0 bridgehead atoms. The average Bonchev–Trinajstić information content (AvgIpc) is 2.53. The Kier molecular flexibility index (Phi) is 6.40. The number of benzene rings is 2. The molecule has 2 atom stereocenters. The molecule has 0 radical (unpaired) electrons. The van der Waals surface area contributed by atoms with Crippen LogP contribution in [0.2, 0.25) is 0 Å². The van der Waals surface area contributed by atoms with E-state index in [9.17, 15) is 4.21 Å². The summed E-state index contributed by atoms with van der Waals surface area (Å²) in [5.74, 6) is 0.750. The van der Waals surface area contributed by atoms with E-state index >= 15 is 0 Å². The third-order valence-corrected chi connectivity index (χ3v) is 5.29. The monoisotopic (exact) mass is 303 g/mol. The Morgan fingerprint density at radius 3 is 2.57 bits per heavy atom. The molecule has 3 heteroatoms. The van der Waals surface area contributed by atoms with Gasteiger partial charge in [0.2, 0.25) is 0 Å². The van der Waals surface area contributed by atoms with Gasteiger partial charge in [0.1, 0.15) is 0 Å². The molecule has 0 saturated heterocycles. The average molecular weight is 303 g/mol. The molecule has 2 unspecified atom stereocenters. The molecule has 114 valence electrons. The van der Waals surface area contributed by atoms with Gasteiger partial charge < -0.3 is 5.32 Å². The Labute approximate surface area is 130 Å². The van der Waals surface area contributed by atoms with Gasteiger partial charge in [0.05, 0.1) is 10.8 Å². The van der Waals surface area contributed by atoms with Crippen molar-refractivity contribution < 1.29 is 4.21 Å². The fourth-order valence-electron chi connectivity index (χ4n) is 2.63. The maximum atomic E-state index is 12.4. The Morgan fingerprint density at radius 1 is 1.10 bits per heavy atom. The van der Waals surface area contributed by atoms with Crippen molar-refractivity contribution in [3.63, 3.8) is 0 Å². The van der Waals surface area contributed by atoms with E-state index < -0.39 is 10.8 Å². The summed E-state index contributed by atoms with van der Waals surface area (Å²) in [5.41, 5.74) is 0. The van der Waals surface area contributed by atoms with E-state index in [0.29, 0.717) is 6.04 Å². The standard InChI is InChI=1S/C18H25NOS/c1-3-17(19-4-2)10-7-13-21(20)18-12-11-15-8-5-6-9-16(15)14-18/h5-6,8-9,11-12,14,17,19H,3-4,7,10,13H2,1-2H3. The molecule has 0 spiro atoms. The van der Waals surface area contributed by atoms with Crippen molar-refractivity contribution >= 4 is 21.6 Å². The molecule has 0 aliphatic heterocycles. The minimum absolute atomic E-state index is 0.559. The van der Waals surface area contributed by atoms with Crippen molar-refractivity contribution in [2.75, 3.05) is 12.3 Å². The smallest absolute Gasteiger partial charge is 0.0529 e. The zero-order valence-corrected chi connectivity index (χ0v) is 13.8. The lowest BCUT2D eigenvalue weighted by Crippen LogP contribution is -2.28. The maximum Gasteiger partial charge on any atom is 0.0529 e. The van der Waals surface area contributed by atoms with Gasteiger partial charge in [-0.3, -0.25) is 4.21 Å². The van der Waals surface area contributed by atoms with Gasteiger partial charge in [-0.2, -0.15) is 0 Å². The van der Waals surface area contributed by atoms with Crippen LogP contribution in [0, 0.1) is 0 Å². The second kappa shape index (κ2) is 8.30. The number of fused-ring (bicyclic) bond motifs is 1. The summed E-state index contributed by atoms with van der Waals surface area (Å²) in [6.07, 6.45) is 3.24. The third-order valence-electron chi connectivity index (χ3n) is 3.85. The molecule has 0 saturated carbocycles. The predicted octanol–water partition coefficient (Wildman–Crippen LogP) is 4.12. The molecule has 2 nitrogen and oxygen atoms in total. The van der Waals surface area contributed by atoms with Crippen molar-refractivity contribution in [1.29, 1.82) is 0 Å². The van der Waals surface area contributed by atoms with E-state index in [2.05, 4.69) is 43.4 Å². The first-order valence-corrected chi connectivity index (χ1v) is 9.17. The number of nitrogens with one attached hydrogen (secondary N) is 1. The van der Waals surface area contributed by atoms with E-state index in [4.69, 9.17) is 0 Å². The van der Waals surface area contributed by atoms with E-state index in [-0.39, 0.29) is 0 Å². The minimum atomic E-state index is -0.890. The molecule has 0 fully saturated rings. The molecule has 0 heterocycles. The summed E-state index contributed by atoms with van der Waals surface area (Å²) in [4.78, 5) is 0.949. The number of hydrogen-bond donors (Lipinski definition) is 1. The highest BCUT2D eigenvalue weighted by atomic mass is 32.2. The molecule has 2 aromatic rings. The Morgan fingerprint density at radius 2 is 1.86 bits per heavy atom. The fourth-order valence-corrected chi connectivity index (χ4v) is 3.77. The predicted molar refractivity (Wildman–Crippen MR) is 92.2 cm³/mol. The lowest BCUT2D eigenvalue weighted by Gasteiger charge is -2.15. The van der Waals surface area contributed by atoms with Gasteiger partial charge in [0.15, 0.2) is 0 Å². The van der Waals surface area contributed by atoms with Crippen molar-refractivity contribution in [3.05, 3.63) is 42.5 Å². The minimum Gasteiger partial charge on any atom is -0.314 e. The van der Waals surface area contributed by atoms with Crippen LogP contribution in [0.15, 0.2) is 47.4 Å². The van der Waals surface area contributed by atoms with Gasteiger partial charge in [-0.25, -0.2) is 0 Å². The van der Waals surface area contributed by atoms with Gasteiger partial charge in [0.25, 0.3) is 0 Å². The van der Waals surface area contributed by atoms with Crippen LogP contribution in [0.1, 0.15) is 33.1 Å². The SMILES string of the molecule is CCNC(CC)CCCS(=O)c1ccc2ccccc2c1.